The van der Waals surface area contributed by atoms with Gasteiger partial charge in [-0.1, -0.05) is 11.8 Å². The molecule has 2 nitrogen and oxygen atoms in total. The van der Waals surface area contributed by atoms with E-state index in [0.717, 1.165) is 0 Å². The predicted molar refractivity (Wildman–Crippen MR) is 36.7 cm³/mol. The van der Waals surface area contributed by atoms with Crippen LogP contribution in [0.4, 0.5) is 0 Å². The molecule has 1 rings (SSSR count). The van der Waals surface area contributed by atoms with Crippen LogP contribution in [-0.4, -0.2) is 4.98 Å². The summed E-state index contributed by atoms with van der Waals surface area (Å²) in [4.78, 5) is 3.61. The van der Waals surface area contributed by atoms with Crippen LogP contribution in [0.1, 0.15) is 5.56 Å². The number of hydrogen-bond acceptors (Lipinski definition) is 2. The van der Waals surface area contributed by atoms with Crippen LogP contribution in [0.3, 0.4) is 0 Å². The van der Waals surface area contributed by atoms with Crippen LogP contribution >= 0.6 is 13.6 Å². The van der Waals surface area contributed by atoms with Gasteiger partial charge in [0.15, 0.2) is 0 Å². The molecule has 0 aliphatic heterocycles. The number of aromatic nitrogens is 1. The van der Waals surface area contributed by atoms with Crippen molar-refractivity contribution in [3.05, 3.63) is 30.1 Å². The topological polar surface area (TPSA) is 36.7 Å². The first-order valence-electron chi connectivity index (χ1n) is 2.43. The molecule has 1 aromatic rings. The van der Waals surface area contributed by atoms with Gasteiger partial charge in [-0.25, -0.2) is 0 Å². The maximum absolute atomic E-state index is 8.22. The number of pyridine rings is 1. The zero-order valence-electron chi connectivity index (χ0n) is 5.21. The second-order valence-corrected chi connectivity index (χ2v) is 1.27. The molecule has 0 amide bonds. The van der Waals surface area contributed by atoms with Gasteiger partial charge in [0, 0.05) is 0 Å². The van der Waals surface area contributed by atoms with E-state index < -0.39 is 0 Å². The molecule has 0 aromatic carbocycles. The summed E-state index contributed by atoms with van der Waals surface area (Å²) in [5.41, 5.74) is 0.479. The zero-order valence-corrected chi connectivity index (χ0v) is 9.76. The van der Waals surface area contributed by atoms with Gasteiger partial charge in [-0.15, -0.1) is 12.1 Å². The maximum atomic E-state index is 8.22. The van der Waals surface area contributed by atoms with Crippen molar-refractivity contribution in [1.82, 2.24) is 4.98 Å². The number of hydrogen-bond donors (Lipinski definition) is 0. The Kier molecular flexibility index (Phi) is 6.68. The van der Waals surface area contributed by atoms with Gasteiger partial charge >= 0.3 is 30.0 Å². The van der Waals surface area contributed by atoms with Crippen LogP contribution in [0.15, 0.2) is 18.3 Å². The summed E-state index contributed by atoms with van der Waals surface area (Å²) in [5.74, 6) is 0. The average Bonchev–Trinajstić information content (AvgIpc) is 2.10. The molecule has 0 spiro atoms. The summed E-state index contributed by atoms with van der Waals surface area (Å²) in [7, 11) is 0. The fourth-order valence-electron chi connectivity index (χ4n) is 0.389. The number of nitriles is 1. The molecule has 0 fully saturated rings. The minimum absolute atomic E-state index is 0.479. The van der Waals surface area contributed by atoms with Gasteiger partial charge < -0.3 is 4.98 Å². The summed E-state index contributed by atoms with van der Waals surface area (Å²) in [6.07, 6.45) is 4.09. The molecule has 0 bridgehead atoms. The summed E-state index contributed by atoms with van der Waals surface area (Å²) in [5, 5.41) is 8.22. The number of halogens is 1. The molecule has 1 heterocycles. The minimum atomic E-state index is 0.479. The Balaban J connectivity index is 0.000000371. The zero-order chi connectivity index (χ0) is 7.82. The van der Waals surface area contributed by atoms with Gasteiger partial charge in [0.25, 0.3) is 0 Å². The average molecular weight is 248 g/mol. The van der Waals surface area contributed by atoms with Crippen molar-refractivity contribution < 1.29 is 16.3 Å². The van der Waals surface area contributed by atoms with E-state index in [0.29, 0.717) is 5.56 Å². The Morgan fingerprint density at radius 3 is 2.70 bits per heavy atom. The summed E-state index contributed by atoms with van der Waals surface area (Å²) in [6, 6.07) is 5.27. The van der Waals surface area contributed by atoms with E-state index in [4.69, 9.17) is 5.26 Å². The first-order chi connectivity index (χ1) is 4.93. The first-order valence-corrected chi connectivity index (χ1v) is 9.38. The Labute approximate surface area is 76.3 Å². The van der Waals surface area contributed by atoms with Crippen LogP contribution in [0, 0.1) is 17.5 Å². The van der Waals surface area contributed by atoms with Crippen LogP contribution in [-0.2, 0) is 16.3 Å². The Morgan fingerprint density at radius 2 is 2.40 bits per heavy atom. The molecule has 4 heteroatoms. The summed E-state index contributed by atoms with van der Waals surface area (Å²) >= 11 is 4.25. The van der Waals surface area contributed by atoms with Crippen molar-refractivity contribution in [2.24, 2.45) is 0 Å². The summed E-state index contributed by atoms with van der Waals surface area (Å²) < 4.78 is 0. The van der Waals surface area contributed by atoms with Gasteiger partial charge in [0.1, 0.15) is 0 Å². The van der Waals surface area contributed by atoms with Crippen molar-refractivity contribution in [3.63, 3.8) is 0 Å². The number of nitrogens with zero attached hydrogens (tertiary/aromatic N) is 2. The van der Waals surface area contributed by atoms with Crippen molar-refractivity contribution in [1.29, 1.82) is 5.26 Å². The second kappa shape index (κ2) is 6.86. The van der Waals surface area contributed by atoms with E-state index in [2.05, 4.69) is 24.8 Å². The molecule has 0 saturated heterocycles. The third-order valence-corrected chi connectivity index (χ3v) is 0.729. The van der Waals surface area contributed by atoms with Crippen LogP contribution in [0.5, 0.6) is 0 Å². The van der Waals surface area contributed by atoms with Gasteiger partial charge in [-0.3, -0.25) is 5.26 Å². The molecule has 0 aliphatic carbocycles. The molecule has 0 atom stereocenters. The molecule has 0 radical (unpaired) electrons. The van der Waals surface area contributed by atoms with Gasteiger partial charge in [-0.2, -0.15) is 0 Å². The van der Waals surface area contributed by atoms with E-state index in [1.54, 1.807) is 18.3 Å². The van der Waals surface area contributed by atoms with E-state index in [1.807, 2.05) is 6.07 Å². The monoisotopic (exact) mass is 246 g/mol. The van der Waals surface area contributed by atoms with Crippen LogP contribution in [0.25, 0.3) is 0 Å². The Morgan fingerprint density at radius 1 is 1.70 bits per heavy atom. The first kappa shape index (κ1) is 9.74. The molecular formula is C6H3BrN2Zn. The number of rotatable bonds is 0. The molecule has 0 saturated carbocycles. The van der Waals surface area contributed by atoms with Crippen molar-refractivity contribution in [2.75, 3.05) is 0 Å². The fraction of sp³-hybridized carbons (Fsp3) is 0. The van der Waals surface area contributed by atoms with Crippen LogP contribution in [0.2, 0.25) is 0 Å². The molecule has 0 unspecified atom stereocenters. The third-order valence-electron chi connectivity index (χ3n) is 0.729. The van der Waals surface area contributed by atoms with Crippen molar-refractivity contribution >= 4 is 13.6 Å². The molecule has 0 aliphatic rings. The molecule has 46 valence electrons. The Bertz CT molecular complexity index is 207. The van der Waals surface area contributed by atoms with Crippen LogP contribution < -0.4 is 0 Å². The van der Waals surface area contributed by atoms with Crippen molar-refractivity contribution in [2.45, 2.75) is 0 Å². The Hall–Kier alpha value is -0.257. The fourth-order valence-corrected chi connectivity index (χ4v) is 0.389. The van der Waals surface area contributed by atoms with E-state index in [9.17, 15) is 0 Å². The van der Waals surface area contributed by atoms with Gasteiger partial charge in [-0.05, 0) is 12.3 Å². The van der Waals surface area contributed by atoms with Gasteiger partial charge in [0.05, 0.1) is 0 Å². The standard InChI is InChI=1S/C6H3N2.BrH.Zn/c7-4-6-2-1-3-8-5-6;;/h1-3H;1H;/q-1;;+2/p-1. The van der Waals surface area contributed by atoms with Gasteiger partial charge in [0.2, 0.25) is 0 Å². The quantitative estimate of drug-likeness (QED) is 0.516. The molecule has 10 heavy (non-hydrogen) atoms. The molecular weight excluding hydrogens is 245 g/mol. The van der Waals surface area contributed by atoms with E-state index in [1.165, 1.54) is 16.3 Å². The molecule has 0 N–H and O–H groups in total. The van der Waals surface area contributed by atoms with Crippen molar-refractivity contribution in [3.8, 4) is 6.07 Å². The SMILES string of the molecule is N#Cc1[c-]nccc1.[Zn+][Br]. The second-order valence-electron chi connectivity index (χ2n) is 1.27. The van der Waals surface area contributed by atoms with E-state index in [-0.39, 0.29) is 0 Å². The molecule has 1 aromatic heterocycles. The third kappa shape index (κ3) is 3.71. The van der Waals surface area contributed by atoms with E-state index >= 15 is 0 Å². The summed E-state index contributed by atoms with van der Waals surface area (Å²) in [6.45, 7) is 0. The normalized spacial score (nSPS) is 7.00. The predicted octanol–water partition coefficient (Wildman–Crippen LogP) is 1.60.